The van der Waals surface area contributed by atoms with Crippen molar-refractivity contribution in [3.05, 3.63) is 60.4 Å². The van der Waals surface area contributed by atoms with Crippen LogP contribution >= 0.6 is 0 Å². The predicted molar refractivity (Wildman–Crippen MR) is 71.1 cm³/mol. The van der Waals surface area contributed by atoms with E-state index in [1.165, 1.54) is 12.3 Å². The minimum atomic E-state index is -0.490. The molecule has 0 fully saturated rings. The Kier molecular flexibility index (Phi) is 3.02. The summed E-state index contributed by atoms with van der Waals surface area (Å²) in [4.78, 5) is 12.4. The van der Waals surface area contributed by atoms with E-state index in [0.29, 0.717) is 6.54 Å². The molecule has 3 rings (SSSR count). The number of hydrogen-bond donors (Lipinski definition) is 1. The molecule has 0 bridgehead atoms. The van der Waals surface area contributed by atoms with Gasteiger partial charge < -0.3 is 5.32 Å². The number of anilines is 1. The first kappa shape index (κ1) is 11.5. The molecular formula is C14H11FN4. The number of nitrogens with one attached hydrogen (secondary N) is 1. The van der Waals surface area contributed by atoms with Crippen LogP contribution in [0.2, 0.25) is 0 Å². The highest BCUT2D eigenvalue weighted by Gasteiger charge is 2.00. The number of rotatable bonds is 3. The van der Waals surface area contributed by atoms with E-state index in [0.717, 1.165) is 22.4 Å². The second kappa shape index (κ2) is 4.97. The molecule has 0 radical (unpaired) electrons. The number of nitrogens with zero attached hydrogens (tertiary/aromatic N) is 3. The SMILES string of the molecule is Fc1ccc(NCc2cnc3ccccc3n2)cn1. The maximum absolute atomic E-state index is 12.7. The van der Waals surface area contributed by atoms with Crippen LogP contribution in [-0.2, 0) is 6.54 Å². The van der Waals surface area contributed by atoms with Crippen LogP contribution in [0.4, 0.5) is 10.1 Å². The van der Waals surface area contributed by atoms with Crippen LogP contribution in [0.15, 0.2) is 48.8 Å². The zero-order chi connectivity index (χ0) is 13.1. The molecule has 5 heteroatoms. The molecule has 0 amide bonds. The number of benzene rings is 1. The fraction of sp³-hybridized carbons (Fsp3) is 0.0714. The van der Waals surface area contributed by atoms with Crippen molar-refractivity contribution < 1.29 is 4.39 Å². The van der Waals surface area contributed by atoms with Crippen LogP contribution in [0, 0.1) is 5.95 Å². The van der Waals surface area contributed by atoms with E-state index >= 15 is 0 Å². The second-order valence-electron chi connectivity index (χ2n) is 4.07. The van der Waals surface area contributed by atoms with E-state index in [1.54, 1.807) is 12.3 Å². The van der Waals surface area contributed by atoms with Crippen molar-refractivity contribution in [2.24, 2.45) is 0 Å². The Morgan fingerprint density at radius 1 is 0.947 bits per heavy atom. The molecule has 0 saturated carbocycles. The number of pyridine rings is 1. The molecule has 2 aromatic heterocycles. The zero-order valence-corrected chi connectivity index (χ0v) is 10.0. The van der Waals surface area contributed by atoms with Crippen LogP contribution < -0.4 is 5.32 Å². The number of hydrogen-bond acceptors (Lipinski definition) is 4. The summed E-state index contributed by atoms with van der Waals surface area (Å²) in [6, 6.07) is 10.6. The van der Waals surface area contributed by atoms with Crippen molar-refractivity contribution in [3.8, 4) is 0 Å². The molecule has 0 aliphatic rings. The number of aromatic nitrogens is 3. The summed E-state index contributed by atoms with van der Waals surface area (Å²) in [5.74, 6) is -0.490. The first-order valence-electron chi connectivity index (χ1n) is 5.87. The molecule has 1 aromatic carbocycles. The average molecular weight is 254 g/mol. The summed E-state index contributed by atoms with van der Waals surface area (Å²) in [5, 5.41) is 3.12. The van der Waals surface area contributed by atoms with Crippen molar-refractivity contribution in [3.63, 3.8) is 0 Å². The van der Waals surface area contributed by atoms with Crippen LogP contribution in [0.3, 0.4) is 0 Å². The van der Waals surface area contributed by atoms with Gasteiger partial charge in [0.05, 0.1) is 41.4 Å². The third kappa shape index (κ3) is 2.65. The van der Waals surface area contributed by atoms with E-state index in [9.17, 15) is 4.39 Å². The van der Waals surface area contributed by atoms with Gasteiger partial charge in [0.15, 0.2) is 0 Å². The van der Waals surface area contributed by atoms with Gasteiger partial charge >= 0.3 is 0 Å². The molecule has 4 nitrogen and oxygen atoms in total. The lowest BCUT2D eigenvalue weighted by Crippen LogP contribution is -2.03. The molecule has 0 saturated heterocycles. The van der Waals surface area contributed by atoms with Crippen molar-refractivity contribution in [2.75, 3.05) is 5.32 Å². The van der Waals surface area contributed by atoms with E-state index < -0.39 is 5.95 Å². The second-order valence-corrected chi connectivity index (χ2v) is 4.07. The van der Waals surface area contributed by atoms with Crippen molar-refractivity contribution in [2.45, 2.75) is 6.54 Å². The molecule has 0 aliphatic heterocycles. The maximum atomic E-state index is 12.7. The lowest BCUT2D eigenvalue weighted by atomic mass is 10.3. The normalized spacial score (nSPS) is 10.6. The molecule has 0 spiro atoms. The van der Waals surface area contributed by atoms with Gasteiger partial charge in [-0.2, -0.15) is 4.39 Å². The summed E-state index contributed by atoms with van der Waals surface area (Å²) >= 11 is 0. The summed E-state index contributed by atoms with van der Waals surface area (Å²) < 4.78 is 12.7. The number of para-hydroxylation sites is 2. The molecule has 0 unspecified atom stereocenters. The molecular weight excluding hydrogens is 243 g/mol. The highest BCUT2D eigenvalue weighted by molar-refractivity contribution is 5.73. The zero-order valence-electron chi connectivity index (χ0n) is 10.0. The van der Waals surface area contributed by atoms with Gasteiger partial charge in [-0.25, -0.2) is 9.97 Å². The molecule has 0 aliphatic carbocycles. The molecule has 2 heterocycles. The number of halogens is 1. The summed E-state index contributed by atoms with van der Waals surface area (Å²) in [5.41, 5.74) is 3.30. The molecule has 94 valence electrons. The monoisotopic (exact) mass is 254 g/mol. The highest BCUT2D eigenvalue weighted by Crippen LogP contribution is 2.10. The third-order valence-corrected chi connectivity index (χ3v) is 2.70. The summed E-state index contributed by atoms with van der Waals surface area (Å²) in [6.07, 6.45) is 3.18. The Balaban J connectivity index is 1.76. The van der Waals surface area contributed by atoms with Gasteiger partial charge in [-0.15, -0.1) is 0 Å². The summed E-state index contributed by atoms with van der Waals surface area (Å²) in [6.45, 7) is 0.519. The molecule has 3 aromatic rings. The van der Waals surface area contributed by atoms with Gasteiger partial charge in [0.1, 0.15) is 0 Å². The lowest BCUT2D eigenvalue weighted by molar-refractivity contribution is 0.584. The van der Waals surface area contributed by atoms with E-state index in [4.69, 9.17) is 0 Å². The van der Waals surface area contributed by atoms with Gasteiger partial charge in [-0.1, -0.05) is 12.1 Å². The average Bonchev–Trinajstić information content (AvgIpc) is 2.46. The van der Waals surface area contributed by atoms with Crippen molar-refractivity contribution >= 4 is 16.7 Å². The maximum Gasteiger partial charge on any atom is 0.212 e. The Labute approximate surface area is 109 Å². The molecule has 0 atom stereocenters. The first-order chi connectivity index (χ1) is 9.31. The van der Waals surface area contributed by atoms with Crippen molar-refractivity contribution in [1.29, 1.82) is 0 Å². The Bertz CT molecular complexity index is 697. The minimum absolute atomic E-state index is 0.490. The number of fused-ring (bicyclic) bond motifs is 1. The van der Waals surface area contributed by atoms with Gasteiger partial charge in [-0.05, 0) is 24.3 Å². The first-order valence-corrected chi connectivity index (χ1v) is 5.87. The van der Waals surface area contributed by atoms with Crippen LogP contribution in [0.5, 0.6) is 0 Å². The van der Waals surface area contributed by atoms with E-state index in [-0.39, 0.29) is 0 Å². The predicted octanol–water partition coefficient (Wildman–Crippen LogP) is 2.78. The van der Waals surface area contributed by atoms with Gasteiger partial charge in [-0.3, -0.25) is 4.98 Å². The summed E-state index contributed by atoms with van der Waals surface area (Å²) in [7, 11) is 0. The van der Waals surface area contributed by atoms with Gasteiger partial charge in [0.2, 0.25) is 5.95 Å². The van der Waals surface area contributed by atoms with Crippen molar-refractivity contribution in [1.82, 2.24) is 15.0 Å². The standard InChI is InChI=1S/C14H11FN4/c15-14-6-5-10(7-18-14)16-8-11-9-17-12-3-1-2-4-13(12)19-11/h1-7,9,16H,8H2. The van der Waals surface area contributed by atoms with E-state index in [1.807, 2.05) is 24.3 Å². The highest BCUT2D eigenvalue weighted by atomic mass is 19.1. The van der Waals surface area contributed by atoms with Crippen LogP contribution in [0.1, 0.15) is 5.69 Å². The smallest absolute Gasteiger partial charge is 0.212 e. The van der Waals surface area contributed by atoms with E-state index in [2.05, 4.69) is 20.3 Å². The van der Waals surface area contributed by atoms with Gasteiger partial charge in [0, 0.05) is 0 Å². The Morgan fingerprint density at radius 3 is 2.58 bits per heavy atom. The quantitative estimate of drug-likeness (QED) is 0.730. The minimum Gasteiger partial charge on any atom is -0.378 e. The molecule has 19 heavy (non-hydrogen) atoms. The van der Waals surface area contributed by atoms with Crippen LogP contribution in [-0.4, -0.2) is 15.0 Å². The lowest BCUT2D eigenvalue weighted by Gasteiger charge is -2.05. The fourth-order valence-electron chi connectivity index (χ4n) is 1.75. The Hall–Kier alpha value is -2.56. The van der Waals surface area contributed by atoms with Gasteiger partial charge in [0.25, 0.3) is 0 Å². The van der Waals surface area contributed by atoms with Crippen LogP contribution in [0.25, 0.3) is 11.0 Å². The topological polar surface area (TPSA) is 50.7 Å². The Morgan fingerprint density at radius 2 is 1.79 bits per heavy atom. The fourth-order valence-corrected chi connectivity index (χ4v) is 1.75. The molecule has 1 N–H and O–H groups in total. The third-order valence-electron chi connectivity index (χ3n) is 2.70. The largest absolute Gasteiger partial charge is 0.378 e.